The Bertz CT molecular complexity index is 1290. The number of hydrogen-bond acceptors (Lipinski definition) is 5. The van der Waals surface area contributed by atoms with Crippen LogP contribution < -0.4 is 14.2 Å². The number of rotatable bonds is 12. The van der Waals surface area contributed by atoms with Crippen LogP contribution >= 0.6 is 22.9 Å². The normalized spacial score (nSPS) is 15.1. The summed E-state index contributed by atoms with van der Waals surface area (Å²) in [6.07, 6.45) is 3.68. The van der Waals surface area contributed by atoms with E-state index < -0.39 is 34.9 Å². The third kappa shape index (κ3) is 7.90. The summed E-state index contributed by atoms with van der Waals surface area (Å²) in [5.74, 6) is -1.60. The Morgan fingerprint density at radius 1 is 1.12 bits per heavy atom. The van der Waals surface area contributed by atoms with E-state index in [1.54, 1.807) is 25.1 Å². The van der Waals surface area contributed by atoms with Gasteiger partial charge in [0.15, 0.2) is 0 Å². The highest BCUT2D eigenvalue weighted by molar-refractivity contribution is 14.1. The van der Waals surface area contributed by atoms with Gasteiger partial charge in [0.05, 0.1) is 12.1 Å². The van der Waals surface area contributed by atoms with Crippen LogP contribution in [0.5, 0.6) is 0 Å². The van der Waals surface area contributed by atoms with E-state index >= 15 is 0 Å². The molecule has 0 aliphatic carbocycles. The number of likely N-dealkylation sites (N-methyl/N-ethyl adjacent to an activating group) is 2. The fourth-order valence-electron chi connectivity index (χ4n) is 5.41. The molecular formula is C31H48IN5O4. The maximum atomic E-state index is 14.0. The molecule has 4 N–H and O–H groups in total. The number of carbonyl (C=O) groups is 3. The summed E-state index contributed by atoms with van der Waals surface area (Å²) < 4.78 is 5.25. The molecule has 10 heteroatoms. The van der Waals surface area contributed by atoms with Crippen LogP contribution in [-0.2, 0) is 33.4 Å². The number of halogens is 1. The van der Waals surface area contributed by atoms with Crippen LogP contribution in [0.2, 0.25) is 0 Å². The van der Waals surface area contributed by atoms with Gasteiger partial charge in [0.2, 0.25) is 11.8 Å². The van der Waals surface area contributed by atoms with Crippen LogP contribution in [0.25, 0.3) is 10.9 Å². The molecule has 0 aliphatic heterocycles. The highest BCUT2D eigenvalue weighted by Crippen LogP contribution is 2.35. The van der Waals surface area contributed by atoms with E-state index in [9.17, 15) is 19.5 Å². The molecule has 228 valence electrons. The van der Waals surface area contributed by atoms with Crippen molar-refractivity contribution in [3.8, 4) is 0 Å². The molecule has 1 aromatic carbocycles. The Labute approximate surface area is 259 Å². The van der Waals surface area contributed by atoms with E-state index in [4.69, 9.17) is 0 Å². The largest absolute Gasteiger partial charge is 0.478 e. The highest BCUT2D eigenvalue weighted by Gasteiger charge is 2.42. The molecule has 0 fully saturated rings. The summed E-state index contributed by atoms with van der Waals surface area (Å²) in [6, 6.07) is 4.45. The predicted molar refractivity (Wildman–Crippen MR) is 174 cm³/mol. The number of nitrogens with zero attached hydrogens (tertiary/aromatic N) is 2. The zero-order valence-corrected chi connectivity index (χ0v) is 28.5. The van der Waals surface area contributed by atoms with Gasteiger partial charge in [-0.05, 0) is 42.5 Å². The fraction of sp³-hybridized carbons (Fsp3) is 0.581. The van der Waals surface area contributed by atoms with E-state index in [0.29, 0.717) is 0 Å². The molecule has 0 radical (unpaired) electrons. The van der Waals surface area contributed by atoms with Gasteiger partial charge in [-0.15, -0.1) is 0 Å². The molecule has 41 heavy (non-hydrogen) atoms. The zero-order valence-electron chi connectivity index (χ0n) is 26.3. The van der Waals surface area contributed by atoms with E-state index in [1.165, 1.54) is 12.5 Å². The lowest BCUT2D eigenvalue weighted by molar-refractivity contribution is -0.141. The minimum Gasteiger partial charge on any atom is -0.478 e. The van der Waals surface area contributed by atoms with Gasteiger partial charge < -0.3 is 25.2 Å². The van der Waals surface area contributed by atoms with Gasteiger partial charge >= 0.3 is 5.97 Å². The molecule has 2 amide bonds. The quantitative estimate of drug-likeness (QED) is 0.149. The van der Waals surface area contributed by atoms with E-state index in [2.05, 4.69) is 66.0 Å². The molecule has 0 saturated heterocycles. The van der Waals surface area contributed by atoms with E-state index in [-0.39, 0.29) is 23.3 Å². The van der Waals surface area contributed by atoms with Gasteiger partial charge in [-0.25, -0.2) is 4.79 Å². The van der Waals surface area contributed by atoms with Crippen LogP contribution in [0.15, 0.2) is 36.0 Å². The molecule has 0 aliphatic rings. The number of fused-ring (bicyclic) bond motifs is 1. The van der Waals surface area contributed by atoms with Crippen molar-refractivity contribution >= 4 is 51.6 Å². The average molecular weight is 682 g/mol. The molecule has 0 spiro atoms. The molecule has 0 unspecified atom stereocenters. The summed E-state index contributed by atoms with van der Waals surface area (Å²) in [5, 5.41) is 16.8. The second-order valence-corrected chi connectivity index (χ2v) is 13.7. The van der Waals surface area contributed by atoms with Crippen molar-refractivity contribution in [3.05, 3.63) is 47.2 Å². The van der Waals surface area contributed by atoms with Crippen LogP contribution in [0.3, 0.4) is 0 Å². The molecule has 2 aromatic rings. The summed E-state index contributed by atoms with van der Waals surface area (Å²) >= 11 is 2.14. The number of benzene rings is 1. The number of hydrogen-bond donors (Lipinski definition) is 4. The number of carbonyl (C=O) groups excluding carboxylic acids is 2. The van der Waals surface area contributed by atoms with Crippen molar-refractivity contribution in [2.24, 2.45) is 18.4 Å². The first-order valence-corrected chi connectivity index (χ1v) is 15.0. The van der Waals surface area contributed by atoms with E-state index in [0.717, 1.165) is 23.0 Å². The van der Waals surface area contributed by atoms with Gasteiger partial charge in [0, 0.05) is 71.6 Å². The first kappa shape index (κ1) is 34.8. The minimum atomic E-state index is -1.03. The van der Waals surface area contributed by atoms with Crippen molar-refractivity contribution in [3.63, 3.8) is 0 Å². The Morgan fingerprint density at radius 3 is 2.22 bits per heavy atom. The smallest absolute Gasteiger partial charge is 0.331 e. The van der Waals surface area contributed by atoms with E-state index in [1.807, 2.05) is 55.5 Å². The molecule has 1 heterocycles. The van der Waals surface area contributed by atoms with Crippen molar-refractivity contribution < 1.29 is 19.5 Å². The SMILES string of the molecule is CN[C@@H](C(=O)N[C@H](C(=O)N(C)[C@H](/C=C(\C)C(=O)O)C(C)C)C(C)(C)C)C(C)(C)c1cn(C)c2cc(CNI)ccc12. The third-order valence-corrected chi connectivity index (χ3v) is 8.31. The van der Waals surface area contributed by atoms with Crippen LogP contribution in [0.1, 0.15) is 66.5 Å². The van der Waals surface area contributed by atoms with Crippen molar-refractivity contribution in [2.75, 3.05) is 14.1 Å². The topological polar surface area (TPSA) is 116 Å². The summed E-state index contributed by atoms with van der Waals surface area (Å²) in [7, 11) is 5.43. The number of nitrogens with one attached hydrogen (secondary N) is 3. The van der Waals surface area contributed by atoms with Crippen LogP contribution in [0, 0.1) is 11.3 Å². The molecule has 1 aromatic heterocycles. The molecule has 0 bridgehead atoms. The van der Waals surface area contributed by atoms with Crippen LogP contribution in [0.4, 0.5) is 0 Å². The minimum absolute atomic E-state index is 0.0295. The second kappa shape index (κ2) is 13.7. The average Bonchev–Trinajstić information content (AvgIpc) is 3.21. The number of carboxylic acids is 1. The zero-order chi connectivity index (χ0) is 31.4. The Kier molecular flexibility index (Phi) is 11.6. The van der Waals surface area contributed by atoms with Crippen LogP contribution in [-0.4, -0.2) is 64.6 Å². The maximum Gasteiger partial charge on any atom is 0.331 e. The highest BCUT2D eigenvalue weighted by atomic mass is 127. The van der Waals surface area contributed by atoms with Gasteiger partial charge in [0.25, 0.3) is 0 Å². The number of aromatic nitrogens is 1. The van der Waals surface area contributed by atoms with Gasteiger partial charge in [-0.2, -0.15) is 0 Å². The lowest BCUT2D eigenvalue weighted by Crippen LogP contribution is -2.61. The van der Waals surface area contributed by atoms with Gasteiger partial charge in [0.1, 0.15) is 6.04 Å². The lowest BCUT2D eigenvalue weighted by atomic mass is 9.76. The van der Waals surface area contributed by atoms with Crippen molar-refractivity contribution in [1.82, 2.24) is 23.6 Å². The number of amides is 2. The standard InChI is InChI=1S/C31H48IN5O4/c1-18(2)23(14-19(3)29(40)41)37(11)28(39)26(30(4,5)6)35-27(38)25(33-9)31(7,8)22-17-36(10)24-15-20(16-34-32)12-13-21(22)24/h12-15,17-18,23,25-26,33-34H,16H2,1-11H3,(H,35,38)(H,40,41)/b19-14+/t23-,25+,26-/m1/s1. The third-order valence-electron chi connectivity index (χ3n) is 7.93. The molecule has 0 saturated carbocycles. The molecule has 9 nitrogen and oxygen atoms in total. The van der Waals surface area contributed by atoms with Gasteiger partial charge in [-0.1, -0.05) is 66.7 Å². The molecule has 3 atom stereocenters. The first-order valence-electron chi connectivity index (χ1n) is 14.0. The van der Waals surface area contributed by atoms with Gasteiger partial charge in [-0.3, -0.25) is 13.1 Å². The number of aryl methyl sites for hydroxylation is 1. The Morgan fingerprint density at radius 2 is 1.73 bits per heavy atom. The predicted octanol–water partition coefficient (Wildman–Crippen LogP) is 4.53. The lowest BCUT2D eigenvalue weighted by Gasteiger charge is -2.39. The Balaban J connectivity index is 2.46. The van der Waals surface area contributed by atoms with Crippen molar-refractivity contribution in [1.29, 1.82) is 0 Å². The number of aliphatic carboxylic acids is 1. The monoisotopic (exact) mass is 681 g/mol. The summed E-state index contributed by atoms with van der Waals surface area (Å²) in [5.41, 5.74) is 2.23. The summed E-state index contributed by atoms with van der Waals surface area (Å²) in [6.45, 7) is 16.0. The number of carboxylic acid groups (broad SMARTS) is 1. The molecule has 2 rings (SSSR count). The fourth-order valence-corrected chi connectivity index (χ4v) is 5.85. The second-order valence-electron chi connectivity index (χ2n) is 12.9. The molecular weight excluding hydrogens is 633 g/mol. The summed E-state index contributed by atoms with van der Waals surface area (Å²) in [4.78, 5) is 41.0. The van der Waals surface area contributed by atoms with Crippen molar-refractivity contribution in [2.45, 2.75) is 85.5 Å². The first-order chi connectivity index (χ1) is 18.9. The Hall–Kier alpha value is -2.44. The maximum absolute atomic E-state index is 14.0.